The Morgan fingerprint density at radius 1 is 1.05 bits per heavy atom. The molecule has 1 heterocycles. The number of fused-ring (bicyclic) bond motifs is 1. The number of anilines is 1. The van der Waals surface area contributed by atoms with Crippen LogP contribution in [0.2, 0.25) is 5.02 Å². The number of carbonyl (C=O) groups excluding carboxylic acids is 1. The zero-order valence-corrected chi connectivity index (χ0v) is 10.7. The van der Waals surface area contributed by atoms with Crippen molar-refractivity contribution < 1.29 is 4.79 Å². The molecule has 0 aliphatic heterocycles. The molecule has 19 heavy (non-hydrogen) atoms. The van der Waals surface area contributed by atoms with Crippen LogP contribution in [0, 0.1) is 0 Å². The van der Waals surface area contributed by atoms with E-state index in [0.717, 1.165) is 16.6 Å². The van der Waals surface area contributed by atoms with Gasteiger partial charge in [-0.15, -0.1) is 0 Å². The Morgan fingerprint density at radius 2 is 1.79 bits per heavy atom. The van der Waals surface area contributed by atoms with Gasteiger partial charge >= 0.3 is 0 Å². The molecule has 94 valence electrons. The van der Waals surface area contributed by atoms with Crippen LogP contribution in [0.25, 0.3) is 10.9 Å². The van der Waals surface area contributed by atoms with Gasteiger partial charge in [-0.25, -0.2) is 0 Å². The molecule has 0 atom stereocenters. The highest BCUT2D eigenvalue weighted by Gasteiger charge is 2.11. The molecule has 1 amide bonds. The summed E-state index contributed by atoms with van der Waals surface area (Å²) in [6.45, 7) is 0. The maximum atomic E-state index is 12.2. The van der Waals surface area contributed by atoms with Crippen LogP contribution in [0.5, 0.6) is 0 Å². The molecule has 0 unspecified atom stereocenters. The normalized spacial score (nSPS) is 10.6. The lowest BCUT2D eigenvalue weighted by atomic mass is 10.1. The molecular formula is C15H11ClN2O. The van der Waals surface area contributed by atoms with E-state index in [0.29, 0.717) is 10.6 Å². The van der Waals surface area contributed by atoms with Crippen LogP contribution in [-0.4, -0.2) is 10.9 Å². The number of hydrogen-bond acceptors (Lipinski definition) is 1. The van der Waals surface area contributed by atoms with Gasteiger partial charge in [-0.2, -0.15) is 0 Å². The van der Waals surface area contributed by atoms with Gasteiger partial charge < -0.3 is 10.3 Å². The Balaban J connectivity index is 1.90. The predicted octanol–water partition coefficient (Wildman–Crippen LogP) is 4.07. The fourth-order valence-electron chi connectivity index (χ4n) is 1.99. The fraction of sp³-hybridized carbons (Fsp3) is 0. The molecule has 2 N–H and O–H groups in total. The lowest BCUT2D eigenvalue weighted by Gasteiger charge is -2.04. The minimum Gasteiger partial charge on any atom is -0.360 e. The Labute approximate surface area is 115 Å². The first kappa shape index (κ1) is 11.8. The molecule has 3 nitrogen and oxygen atoms in total. The zero-order chi connectivity index (χ0) is 13.2. The lowest BCUT2D eigenvalue weighted by molar-refractivity contribution is 0.102. The van der Waals surface area contributed by atoms with Gasteiger partial charge in [0.25, 0.3) is 5.91 Å². The SMILES string of the molecule is O=C(Nc1ccc(Cl)cc1)c1c[nH]c2ccccc12. The third-order valence-electron chi connectivity index (χ3n) is 2.94. The van der Waals surface area contributed by atoms with Crippen molar-refractivity contribution >= 4 is 34.1 Å². The number of H-pyrrole nitrogens is 1. The topological polar surface area (TPSA) is 44.9 Å². The summed E-state index contributed by atoms with van der Waals surface area (Å²) >= 11 is 5.81. The largest absolute Gasteiger partial charge is 0.360 e. The van der Waals surface area contributed by atoms with Crippen molar-refractivity contribution in [3.8, 4) is 0 Å². The van der Waals surface area contributed by atoms with Crippen molar-refractivity contribution in [2.24, 2.45) is 0 Å². The first-order valence-corrected chi connectivity index (χ1v) is 6.25. The van der Waals surface area contributed by atoms with Crippen LogP contribution < -0.4 is 5.32 Å². The molecule has 0 saturated carbocycles. The molecule has 3 rings (SSSR count). The molecule has 0 radical (unpaired) electrons. The first-order valence-electron chi connectivity index (χ1n) is 5.87. The Hall–Kier alpha value is -2.26. The van der Waals surface area contributed by atoms with Gasteiger partial charge in [-0.3, -0.25) is 4.79 Å². The van der Waals surface area contributed by atoms with Gasteiger partial charge in [0.05, 0.1) is 5.56 Å². The first-order chi connectivity index (χ1) is 9.24. The van der Waals surface area contributed by atoms with E-state index in [1.165, 1.54) is 0 Å². The summed E-state index contributed by atoms with van der Waals surface area (Å²) in [5, 5.41) is 4.40. The summed E-state index contributed by atoms with van der Waals surface area (Å²) in [5.74, 6) is -0.139. The summed E-state index contributed by atoms with van der Waals surface area (Å²) in [4.78, 5) is 15.3. The van der Waals surface area contributed by atoms with Crippen LogP contribution in [0.3, 0.4) is 0 Å². The molecule has 4 heteroatoms. The van der Waals surface area contributed by atoms with Crippen LogP contribution >= 0.6 is 11.6 Å². The van der Waals surface area contributed by atoms with E-state index in [1.54, 1.807) is 30.5 Å². The number of benzene rings is 2. The van der Waals surface area contributed by atoms with Crippen molar-refractivity contribution in [2.45, 2.75) is 0 Å². The van der Waals surface area contributed by atoms with Crippen molar-refractivity contribution in [1.29, 1.82) is 0 Å². The zero-order valence-electron chi connectivity index (χ0n) is 9.98. The third kappa shape index (κ3) is 2.33. The summed E-state index contributed by atoms with van der Waals surface area (Å²) < 4.78 is 0. The number of hydrogen-bond donors (Lipinski definition) is 2. The molecule has 0 saturated heterocycles. The number of rotatable bonds is 2. The second kappa shape index (κ2) is 4.78. The molecule has 0 aliphatic rings. The van der Waals surface area contributed by atoms with Crippen LogP contribution in [0.4, 0.5) is 5.69 Å². The number of aromatic nitrogens is 1. The average Bonchev–Trinajstić information content (AvgIpc) is 2.85. The highest BCUT2D eigenvalue weighted by atomic mass is 35.5. The van der Waals surface area contributed by atoms with Crippen molar-refractivity contribution in [1.82, 2.24) is 4.98 Å². The quantitative estimate of drug-likeness (QED) is 0.724. The summed E-state index contributed by atoms with van der Waals surface area (Å²) in [6, 6.07) is 14.7. The predicted molar refractivity (Wildman–Crippen MR) is 77.7 cm³/mol. The van der Waals surface area contributed by atoms with Gasteiger partial charge in [0.2, 0.25) is 0 Å². The maximum absolute atomic E-state index is 12.2. The minimum atomic E-state index is -0.139. The second-order valence-electron chi connectivity index (χ2n) is 4.21. The van der Waals surface area contributed by atoms with Gasteiger partial charge in [0, 0.05) is 27.8 Å². The monoisotopic (exact) mass is 270 g/mol. The molecule has 3 aromatic rings. The Kier molecular flexibility index (Phi) is 2.97. The maximum Gasteiger partial charge on any atom is 0.257 e. The fourth-order valence-corrected chi connectivity index (χ4v) is 2.12. The molecular weight excluding hydrogens is 260 g/mol. The Bertz CT molecular complexity index is 731. The average molecular weight is 271 g/mol. The van der Waals surface area contributed by atoms with E-state index in [2.05, 4.69) is 10.3 Å². The van der Waals surface area contributed by atoms with Gasteiger partial charge in [0.15, 0.2) is 0 Å². The highest BCUT2D eigenvalue weighted by molar-refractivity contribution is 6.30. The minimum absolute atomic E-state index is 0.139. The van der Waals surface area contributed by atoms with Crippen molar-refractivity contribution in [3.05, 3.63) is 65.3 Å². The van der Waals surface area contributed by atoms with E-state index in [4.69, 9.17) is 11.6 Å². The standard InChI is InChI=1S/C15H11ClN2O/c16-10-5-7-11(8-6-10)18-15(19)13-9-17-14-4-2-1-3-12(13)14/h1-9,17H,(H,18,19). The molecule has 0 spiro atoms. The number of para-hydroxylation sites is 1. The van der Waals surface area contributed by atoms with Gasteiger partial charge in [-0.1, -0.05) is 29.8 Å². The van der Waals surface area contributed by atoms with Crippen molar-refractivity contribution in [2.75, 3.05) is 5.32 Å². The summed E-state index contributed by atoms with van der Waals surface area (Å²) in [6.07, 6.45) is 1.72. The van der Waals surface area contributed by atoms with Gasteiger partial charge in [-0.05, 0) is 30.3 Å². The van der Waals surface area contributed by atoms with Crippen LogP contribution in [0.15, 0.2) is 54.7 Å². The summed E-state index contributed by atoms with van der Waals surface area (Å²) in [5.41, 5.74) is 2.30. The lowest BCUT2D eigenvalue weighted by Crippen LogP contribution is -2.11. The van der Waals surface area contributed by atoms with Crippen molar-refractivity contribution in [3.63, 3.8) is 0 Å². The molecule has 0 bridgehead atoms. The number of carbonyl (C=O) groups is 1. The van der Waals surface area contributed by atoms with Gasteiger partial charge in [0.1, 0.15) is 0 Å². The van der Waals surface area contributed by atoms with E-state index < -0.39 is 0 Å². The smallest absolute Gasteiger partial charge is 0.257 e. The van der Waals surface area contributed by atoms with E-state index >= 15 is 0 Å². The second-order valence-corrected chi connectivity index (χ2v) is 4.65. The Morgan fingerprint density at radius 3 is 2.58 bits per heavy atom. The van der Waals surface area contributed by atoms with E-state index in [1.807, 2.05) is 24.3 Å². The molecule has 0 fully saturated rings. The van der Waals surface area contributed by atoms with E-state index in [9.17, 15) is 4.79 Å². The number of nitrogens with one attached hydrogen (secondary N) is 2. The number of halogens is 1. The van der Waals surface area contributed by atoms with Crippen LogP contribution in [-0.2, 0) is 0 Å². The molecule has 1 aromatic heterocycles. The van der Waals surface area contributed by atoms with E-state index in [-0.39, 0.29) is 5.91 Å². The number of aromatic amines is 1. The third-order valence-corrected chi connectivity index (χ3v) is 3.19. The summed E-state index contributed by atoms with van der Waals surface area (Å²) in [7, 11) is 0. The number of amides is 1. The highest BCUT2D eigenvalue weighted by Crippen LogP contribution is 2.20. The van der Waals surface area contributed by atoms with Crippen LogP contribution in [0.1, 0.15) is 10.4 Å². The molecule has 2 aromatic carbocycles. The molecule has 0 aliphatic carbocycles.